The molecule has 0 spiro atoms. The summed E-state index contributed by atoms with van der Waals surface area (Å²) in [7, 11) is 0. The Labute approximate surface area is 154 Å². The van der Waals surface area contributed by atoms with Gasteiger partial charge in [0.25, 0.3) is 5.89 Å². The lowest BCUT2D eigenvalue weighted by Crippen LogP contribution is -2.29. The molecule has 0 saturated carbocycles. The summed E-state index contributed by atoms with van der Waals surface area (Å²) in [6.07, 6.45) is 1.30. The van der Waals surface area contributed by atoms with Crippen molar-refractivity contribution < 1.29 is 18.4 Å². The van der Waals surface area contributed by atoms with Crippen molar-refractivity contribution in [2.24, 2.45) is 0 Å². The predicted molar refractivity (Wildman–Crippen MR) is 94.3 cm³/mol. The standard InChI is InChI=1S/C18H16FN5O3/c19-14-4-2-1-3-13(14)16-22-17(27-23-16)12-5-6-15(21-11-12)20-7-8-24-9-10-26-18(24)25/h1-6,11H,7-10H2,(H,20,21). The summed E-state index contributed by atoms with van der Waals surface area (Å²) in [6, 6.07) is 9.78. The number of rotatable bonds is 6. The highest BCUT2D eigenvalue weighted by Crippen LogP contribution is 2.24. The van der Waals surface area contributed by atoms with Crippen molar-refractivity contribution >= 4 is 11.9 Å². The molecule has 0 aliphatic carbocycles. The highest BCUT2D eigenvalue weighted by Gasteiger charge is 2.20. The zero-order chi connectivity index (χ0) is 18.6. The molecule has 4 rings (SSSR count). The number of nitrogens with zero attached hydrogens (tertiary/aromatic N) is 4. The summed E-state index contributed by atoms with van der Waals surface area (Å²) in [5.74, 6) is 0.680. The van der Waals surface area contributed by atoms with Crippen LogP contribution in [0.25, 0.3) is 22.8 Å². The van der Waals surface area contributed by atoms with Crippen LogP contribution in [0.3, 0.4) is 0 Å². The molecule has 138 valence electrons. The Kier molecular flexibility index (Phi) is 4.65. The van der Waals surface area contributed by atoms with Crippen molar-refractivity contribution in [3.63, 3.8) is 0 Å². The third-order valence-electron chi connectivity index (χ3n) is 4.08. The first-order chi connectivity index (χ1) is 13.2. The number of carbonyl (C=O) groups is 1. The van der Waals surface area contributed by atoms with Gasteiger partial charge in [-0.15, -0.1) is 0 Å². The van der Waals surface area contributed by atoms with Gasteiger partial charge in [0, 0.05) is 19.3 Å². The SMILES string of the molecule is O=C1OCCN1CCNc1ccc(-c2nc(-c3ccccc3F)no2)cn1. The fourth-order valence-electron chi connectivity index (χ4n) is 2.67. The van der Waals surface area contributed by atoms with E-state index < -0.39 is 5.82 Å². The third kappa shape index (κ3) is 3.71. The quantitative estimate of drug-likeness (QED) is 0.714. The van der Waals surface area contributed by atoms with Crippen LogP contribution in [-0.2, 0) is 4.74 Å². The van der Waals surface area contributed by atoms with Gasteiger partial charge in [0.15, 0.2) is 0 Å². The molecule has 9 heteroatoms. The molecule has 0 radical (unpaired) electrons. The maximum absolute atomic E-state index is 13.8. The van der Waals surface area contributed by atoms with E-state index in [1.165, 1.54) is 6.07 Å². The van der Waals surface area contributed by atoms with Crippen LogP contribution < -0.4 is 5.32 Å². The Bertz CT molecular complexity index is 944. The molecule has 8 nitrogen and oxygen atoms in total. The van der Waals surface area contributed by atoms with Gasteiger partial charge in [-0.2, -0.15) is 4.98 Å². The summed E-state index contributed by atoms with van der Waals surface area (Å²) in [4.78, 5) is 21.5. The first-order valence-electron chi connectivity index (χ1n) is 8.41. The summed E-state index contributed by atoms with van der Waals surface area (Å²) in [5.41, 5.74) is 0.901. The molecule has 1 aromatic carbocycles. The summed E-state index contributed by atoms with van der Waals surface area (Å²) < 4.78 is 23.9. The molecule has 1 aliphatic rings. The topological polar surface area (TPSA) is 93.4 Å². The molecule has 1 fully saturated rings. The zero-order valence-corrected chi connectivity index (χ0v) is 14.3. The van der Waals surface area contributed by atoms with Gasteiger partial charge >= 0.3 is 6.09 Å². The van der Waals surface area contributed by atoms with Gasteiger partial charge in [-0.3, -0.25) is 0 Å². The van der Waals surface area contributed by atoms with E-state index in [2.05, 4.69) is 20.4 Å². The second kappa shape index (κ2) is 7.40. The number of hydrogen-bond donors (Lipinski definition) is 1. The monoisotopic (exact) mass is 369 g/mol. The van der Waals surface area contributed by atoms with E-state index in [4.69, 9.17) is 9.26 Å². The van der Waals surface area contributed by atoms with E-state index in [0.717, 1.165) is 0 Å². The largest absolute Gasteiger partial charge is 0.448 e. The second-order valence-corrected chi connectivity index (χ2v) is 5.86. The number of halogens is 1. The van der Waals surface area contributed by atoms with Crippen LogP contribution in [0.15, 0.2) is 47.1 Å². The highest BCUT2D eigenvalue weighted by molar-refractivity contribution is 5.69. The average molecular weight is 369 g/mol. The van der Waals surface area contributed by atoms with Crippen LogP contribution in [0.4, 0.5) is 15.0 Å². The molecule has 3 heterocycles. The van der Waals surface area contributed by atoms with Crippen molar-refractivity contribution in [3.05, 3.63) is 48.4 Å². The van der Waals surface area contributed by atoms with E-state index in [9.17, 15) is 9.18 Å². The van der Waals surface area contributed by atoms with Gasteiger partial charge in [0.1, 0.15) is 18.2 Å². The smallest absolute Gasteiger partial charge is 0.409 e. The van der Waals surface area contributed by atoms with Crippen molar-refractivity contribution in [1.29, 1.82) is 0 Å². The van der Waals surface area contributed by atoms with Crippen LogP contribution >= 0.6 is 0 Å². The van der Waals surface area contributed by atoms with Crippen molar-refractivity contribution in [2.45, 2.75) is 0 Å². The minimum Gasteiger partial charge on any atom is -0.448 e. The molecule has 1 N–H and O–H groups in total. The lowest BCUT2D eigenvalue weighted by molar-refractivity contribution is 0.159. The second-order valence-electron chi connectivity index (χ2n) is 5.86. The summed E-state index contributed by atoms with van der Waals surface area (Å²) in [5, 5.41) is 6.96. The van der Waals surface area contributed by atoms with Gasteiger partial charge in [0.2, 0.25) is 5.82 Å². The number of cyclic esters (lactones) is 1. The molecule has 1 aliphatic heterocycles. The number of amides is 1. The molecule has 27 heavy (non-hydrogen) atoms. The Morgan fingerprint density at radius 2 is 2.11 bits per heavy atom. The van der Waals surface area contributed by atoms with Crippen molar-refractivity contribution in [2.75, 3.05) is 31.6 Å². The maximum Gasteiger partial charge on any atom is 0.409 e. The molecular formula is C18H16FN5O3. The van der Waals surface area contributed by atoms with Crippen LogP contribution in [0.2, 0.25) is 0 Å². The Balaban J connectivity index is 1.39. The van der Waals surface area contributed by atoms with Crippen LogP contribution in [-0.4, -0.2) is 52.4 Å². The first-order valence-corrected chi connectivity index (χ1v) is 8.41. The van der Waals surface area contributed by atoms with Crippen LogP contribution in [0, 0.1) is 5.82 Å². The molecule has 0 unspecified atom stereocenters. The number of carbonyl (C=O) groups excluding carboxylic acids is 1. The third-order valence-corrected chi connectivity index (χ3v) is 4.08. The Morgan fingerprint density at radius 1 is 1.22 bits per heavy atom. The summed E-state index contributed by atoms with van der Waals surface area (Å²) >= 11 is 0. The molecule has 3 aromatic rings. The minimum absolute atomic E-state index is 0.183. The number of ether oxygens (including phenoxy) is 1. The molecule has 1 saturated heterocycles. The lowest BCUT2D eigenvalue weighted by atomic mass is 10.2. The number of anilines is 1. The molecule has 2 aromatic heterocycles. The fourth-order valence-corrected chi connectivity index (χ4v) is 2.67. The molecular weight excluding hydrogens is 353 g/mol. The summed E-state index contributed by atoms with van der Waals surface area (Å²) in [6.45, 7) is 2.14. The van der Waals surface area contributed by atoms with E-state index in [1.807, 2.05) is 0 Å². The molecule has 1 amide bonds. The Morgan fingerprint density at radius 3 is 2.85 bits per heavy atom. The van der Waals surface area contributed by atoms with E-state index in [-0.39, 0.29) is 23.4 Å². The van der Waals surface area contributed by atoms with Gasteiger partial charge < -0.3 is 19.5 Å². The predicted octanol–water partition coefficient (Wildman–Crippen LogP) is 2.80. The van der Waals surface area contributed by atoms with Crippen LogP contribution in [0.5, 0.6) is 0 Å². The number of nitrogens with one attached hydrogen (secondary N) is 1. The van der Waals surface area contributed by atoms with Gasteiger partial charge in [0.05, 0.1) is 17.7 Å². The van der Waals surface area contributed by atoms with E-state index >= 15 is 0 Å². The maximum atomic E-state index is 13.8. The highest BCUT2D eigenvalue weighted by atomic mass is 19.1. The van der Waals surface area contributed by atoms with E-state index in [0.29, 0.717) is 37.6 Å². The van der Waals surface area contributed by atoms with Crippen LogP contribution in [0.1, 0.15) is 0 Å². The first kappa shape index (κ1) is 17.0. The van der Waals surface area contributed by atoms with Gasteiger partial charge in [-0.1, -0.05) is 17.3 Å². The fraction of sp³-hybridized carbons (Fsp3) is 0.222. The lowest BCUT2D eigenvalue weighted by Gasteiger charge is -2.13. The Hall–Kier alpha value is -3.49. The number of hydrogen-bond acceptors (Lipinski definition) is 7. The minimum atomic E-state index is -0.413. The number of aromatic nitrogens is 3. The average Bonchev–Trinajstić information content (AvgIpc) is 3.32. The van der Waals surface area contributed by atoms with Crippen molar-refractivity contribution in [3.8, 4) is 22.8 Å². The molecule has 0 atom stereocenters. The number of pyridine rings is 1. The van der Waals surface area contributed by atoms with Gasteiger partial charge in [-0.05, 0) is 24.3 Å². The van der Waals surface area contributed by atoms with Gasteiger partial charge in [-0.25, -0.2) is 14.2 Å². The van der Waals surface area contributed by atoms with E-state index in [1.54, 1.807) is 41.4 Å². The normalized spacial score (nSPS) is 13.7. The van der Waals surface area contributed by atoms with Crippen molar-refractivity contribution in [1.82, 2.24) is 20.0 Å². The number of benzene rings is 1. The zero-order valence-electron chi connectivity index (χ0n) is 14.3. The molecule has 0 bridgehead atoms.